The third kappa shape index (κ3) is 3.90. The summed E-state index contributed by atoms with van der Waals surface area (Å²) in [5.41, 5.74) is 1.96. The monoisotopic (exact) mass is 367 g/mol. The maximum Gasteiger partial charge on any atom is 0.233 e. The molecular weight excluding hydrogens is 346 g/mol. The van der Waals surface area contributed by atoms with Gasteiger partial charge in [-0.3, -0.25) is 0 Å². The second-order valence-corrected chi connectivity index (χ2v) is 8.62. The molecule has 0 N–H and O–H groups in total. The van der Waals surface area contributed by atoms with Gasteiger partial charge in [0, 0.05) is 10.7 Å². The molecule has 0 saturated carbocycles. The molecule has 1 heterocycles. The molecule has 1 aromatic heterocycles. The Balaban J connectivity index is 2.67. The molecule has 24 heavy (non-hydrogen) atoms. The van der Waals surface area contributed by atoms with E-state index in [0.717, 1.165) is 0 Å². The summed E-state index contributed by atoms with van der Waals surface area (Å²) in [6.45, 7) is 9.71. The van der Waals surface area contributed by atoms with Gasteiger partial charge in [0.2, 0.25) is 15.7 Å². The predicted molar refractivity (Wildman–Crippen MR) is 95.7 cm³/mol. The van der Waals surface area contributed by atoms with Gasteiger partial charge in [-0.2, -0.15) is 0 Å². The summed E-state index contributed by atoms with van der Waals surface area (Å²) in [5.74, 6) is 0.414. The lowest BCUT2D eigenvalue weighted by molar-refractivity contribution is 0.253. The van der Waals surface area contributed by atoms with Gasteiger partial charge >= 0.3 is 0 Å². The fourth-order valence-corrected chi connectivity index (χ4v) is 4.48. The molecule has 0 aliphatic carbocycles. The number of rotatable bonds is 5. The lowest BCUT2D eigenvalue weighted by atomic mass is 10.2. The maximum absolute atomic E-state index is 13.2. The molecule has 0 unspecified atom stereocenters. The summed E-state index contributed by atoms with van der Waals surface area (Å²) in [6.07, 6.45) is 0. The van der Waals surface area contributed by atoms with Gasteiger partial charge in [-0.05, 0) is 56.0 Å². The molecule has 4 nitrogen and oxygen atoms in total. The summed E-state index contributed by atoms with van der Waals surface area (Å²) in [5, 5.41) is 0.376. The van der Waals surface area contributed by atoms with Crippen LogP contribution in [0.3, 0.4) is 0 Å². The highest BCUT2D eigenvalue weighted by Gasteiger charge is 2.28. The molecule has 0 atom stereocenters. The second kappa shape index (κ2) is 7.11. The van der Waals surface area contributed by atoms with Gasteiger partial charge in [0.25, 0.3) is 0 Å². The highest BCUT2D eigenvalue weighted by atomic mass is 35.5. The first-order valence-electron chi connectivity index (χ1n) is 7.75. The van der Waals surface area contributed by atoms with E-state index in [4.69, 9.17) is 16.3 Å². The summed E-state index contributed by atoms with van der Waals surface area (Å²) in [7, 11) is -3.79. The average molecular weight is 368 g/mol. The Labute approximate surface area is 148 Å². The number of pyridine rings is 1. The summed E-state index contributed by atoms with van der Waals surface area (Å²) in [4.78, 5) is 4.60. The van der Waals surface area contributed by atoms with Crippen molar-refractivity contribution in [1.29, 1.82) is 0 Å². The standard InChI is InChI=1S/C18H22ClNO3S/c1-11(2)10-23-18-17(13(4)8-14(5)20-18)24(21,22)16-9-15(19)7-6-12(16)3/h6-9,11H,10H2,1-5H3. The molecule has 0 amide bonds. The van der Waals surface area contributed by atoms with Crippen molar-refractivity contribution < 1.29 is 13.2 Å². The molecule has 6 heteroatoms. The molecule has 0 aliphatic heterocycles. The molecule has 0 radical (unpaired) electrons. The molecule has 0 bridgehead atoms. The first-order valence-corrected chi connectivity index (χ1v) is 9.61. The van der Waals surface area contributed by atoms with Crippen LogP contribution in [0.25, 0.3) is 0 Å². The van der Waals surface area contributed by atoms with Gasteiger partial charge in [-0.15, -0.1) is 0 Å². The van der Waals surface area contributed by atoms with Crippen molar-refractivity contribution in [1.82, 2.24) is 4.98 Å². The molecule has 0 aliphatic rings. The number of aromatic nitrogens is 1. The molecular formula is C18H22ClNO3S. The second-order valence-electron chi connectivity index (χ2n) is 6.33. The minimum absolute atomic E-state index is 0.110. The summed E-state index contributed by atoms with van der Waals surface area (Å²) >= 11 is 6.01. The van der Waals surface area contributed by atoms with Crippen LogP contribution in [-0.4, -0.2) is 20.0 Å². The topological polar surface area (TPSA) is 56.3 Å². The number of sulfone groups is 1. The maximum atomic E-state index is 13.2. The Morgan fingerprint density at radius 1 is 1.12 bits per heavy atom. The molecule has 1 aromatic carbocycles. The zero-order chi connectivity index (χ0) is 18.1. The third-order valence-corrected chi connectivity index (χ3v) is 5.81. The average Bonchev–Trinajstić information content (AvgIpc) is 2.46. The van der Waals surface area contributed by atoms with Crippen molar-refractivity contribution in [3.63, 3.8) is 0 Å². The van der Waals surface area contributed by atoms with Crippen molar-refractivity contribution in [3.8, 4) is 5.88 Å². The minimum atomic E-state index is -3.79. The van der Waals surface area contributed by atoms with Crippen LogP contribution in [-0.2, 0) is 9.84 Å². The van der Waals surface area contributed by atoms with Crippen LogP contribution in [0.1, 0.15) is 30.7 Å². The van der Waals surface area contributed by atoms with E-state index in [-0.39, 0.29) is 21.6 Å². The molecule has 0 saturated heterocycles. The fourth-order valence-electron chi connectivity index (χ4n) is 2.43. The quantitative estimate of drug-likeness (QED) is 0.779. The Bertz CT molecular complexity index is 861. The normalized spacial score (nSPS) is 11.8. The van der Waals surface area contributed by atoms with Crippen molar-refractivity contribution in [2.45, 2.75) is 44.4 Å². The van der Waals surface area contributed by atoms with Gasteiger partial charge in [-0.25, -0.2) is 13.4 Å². The van der Waals surface area contributed by atoms with Crippen molar-refractivity contribution in [3.05, 3.63) is 46.1 Å². The van der Waals surface area contributed by atoms with Crippen LogP contribution in [0.5, 0.6) is 5.88 Å². The van der Waals surface area contributed by atoms with E-state index in [1.807, 2.05) is 20.8 Å². The number of ether oxygens (including phenoxy) is 1. The largest absolute Gasteiger partial charge is 0.476 e. The van der Waals surface area contributed by atoms with Crippen LogP contribution in [0.2, 0.25) is 5.02 Å². The lowest BCUT2D eigenvalue weighted by Crippen LogP contribution is -2.13. The molecule has 130 valence electrons. The molecule has 0 spiro atoms. The van der Waals surface area contributed by atoms with E-state index in [1.165, 1.54) is 6.07 Å². The van der Waals surface area contributed by atoms with Gasteiger partial charge in [0.05, 0.1) is 11.5 Å². The van der Waals surface area contributed by atoms with E-state index in [0.29, 0.717) is 28.5 Å². The summed E-state index contributed by atoms with van der Waals surface area (Å²) in [6, 6.07) is 6.58. The van der Waals surface area contributed by atoms with Crippen molar-refractivity contribution >= 4 is 21.4 Å². The van der Waals surface area contributed by atoms with Gasteiger partial charge < -0.3 is 4.74 Å². The highest BCUT2D eigenvalue weighted by molar-refractivity contribution is 7.91. The third-order valence-electron chi connectivity index (χ3n) is 3.52. The number of halogens is 1. The highest BCUT2D eigenvalue weighted by Crippen LogP contribution is 2.34. The number of benzene rings is 1. The van der Waals surface area contributed by atoms with Crippen LogP contribution < -0.4 is 4.74 Å². The van der Waals surface area contributed by atoms with Gasteiger partial charge in [0.1, 0.15) is 4.90 Å². The minimum Gasteiger partial charge on any atom is -0.476 e. The molecule has 2 rings (SSSR count). The smallest absolute Gasteiger partial charge is 0.233 e. The Morgan fingerprint density at radius 2 is 1.79 bits per heavy atom. The van der Waals surface area contributed by atoms with Gasteiger partial charge in [0.15, 0.2) is 0 Å². The van der Waals surface area contributed by atoms with Crippen LogP contribution in [0.4, 0.5) is 0 Å². The Kier molecular flexibility index (Phi) is 5.56. The predicted octanol–water partition coefficient (Wildman–Crippen LogP) is 4.53. The lowest BCUT2D eigenvalue weighted by Gasteiger charge is -2.16. The van der Waals surface area contributed by atoms with Gasteiger partial charge in [-0.1, -0.05) is 31.5 Å². The number of hydrogen-bond acceptors (Lipinski definition) is 4. The Morgan fingerprint density at radius 3 is 2.42 bits per heavy atom. The first-order chi connectivity index (χ1) is 11.1. The van der Waals surface area contributed by atoms with Crippen LogP contribution in [0.15, 0.2) is 34.1 Å². The molecule has 2 aromatic rings. The molecule has 0 fully saturated rings. The fraction of sp³-hybridized carbons (Fsp3) is 0.389. The SMILES string of the molecule is Cc1cc(C)c(S(=O)(=O)c2cc(Cl)ccc2C)c(OCC(C)C)n1. The number of nitrogens with zero attached hydrogens (tertiary/aromatic N) is 1. The number of aryl methyl sites for hydroxylation is 3. The Hall–Kier alpha value is -1.59. The van der Waals surface area contributed by atoms with Crippen molar-refractivity contribution in [2.24, 2.45) is 5.92 Å². The summed E-state index contributed by atoms with van der Waals surface area (Å²) < 4.78 is 32.2. The van der Waals surface area contributed by atoms with Crippen LogP contribution >= 0.6 is 11.6 Å². The first kappa shape index (κ1) is 18.7. The van der Waals surface area contributed by atoms with E-state index in [2.05, 4.69) is 4.98 Å². The van der Waals surface area contributed by atoms with E-state index in [9.17, 15) is 8.42 Å². The number of hydrogen-bond donors (Lipinski definition) is 0. The zero-order valence-corrected chi connectivity index (χ0v) is 16.1. The van der Waals surface area contributed by atoms with E-state index >= 15 is 0 Å². The van der Waals surface area contributed by atoms with E-state index in [1.54, 1.807) is 32.0 Å². The van der Waals surface area contributed by atoms with Crippen LogP contribution in [0, 0.1) is 26.7 Å². The van der Waals surface area contributed by atoms with E-state index < -0.39 is 9.84 Å². The zero-order valence-electron chi connectivity index (χ0n) is 14.6. The van der Waals surface area contributed by atoms with Crippen molar-refractivity contribution in [2.75, 3.05) is 6.61 Å².